The zero-order chi connectivity index (χ0) is 10.8. The third-order valence-corrected chi connectivity index (χ3v) is 3.54. The molecule has 0 saturated heterocycles. The lowest BCUT2D eigenvalue weighted by Gasteiger charge is -2.31. The van der Waals surface area contributed by atoms with Gasteiger partial charge in [0.2, 0.25) is 0 Å². The molecule has 0 radical (unpaired) electrons. The SMILES string of the molecule is CC1CCc2ccc(F)cc2C1CCN. The van der Waals surface area contributed by atoms with Crippen molar-refractivity contribution in [1.29, 1.82) is 0 Å². The predicted molar refractivity (Wildman–Crippen MR) is 60.3 cm³/mol. The number of hydrogen-bond acceptors (Lipinski definition) is 1. The molecule has 1 aliphatic rings. The van der Waals surface area contributed by atoms with Crippen LogP contribution in [-0.2, 0) is 6.42 Å². The van der Waals surface area contributed by atoms with Gasteiger partial charge in [0.25, 0.3) is 0 Å². The first-order chi connectivity index (χ1) is 7.22. The van der Waals surface area contributed by atoms with Gasteiger partial charge >= 0.3 is 0 Å². The van der Waals surface area contributed by atoms with Crippen LogP contribution in [0.25, 0.3) is 0 Å². The number of aryl methyl sites for hydroxylation is 1. The van der Waals surface area contributed by atoms with Crippen molar-refractivity contribution in [2.45, 2.75) is 32.1 Å². The molecule has 1 aromatic carbocycles. The van der Waals surface area contributed by atoms with Gasteiger partial charge in [0.05, 0.1) is 0 Å². The van der Waals surface area contributed by atoms with Crippen molar-refractivity contribution in [3.05, 3.63) is 35.1 Å². The monoisotopic (exact) mass is 207 g/mol. The largest absolute Gasteiger partial charge is 0.330 e. The van der Waals surface area contributed by atoms with Crippen molar-refractivity contribution < 1.29 is 4.39 Å². The summed E-state index contributed by atoms with van der Waals surface area (Å²) in [5.74, 6) is 0.960. The summed E-state index contributed by atoms with van der Waals surface area (Å²) < 4.78 is 13.2. The van der Waals surface area contributed by atoms with Gasteiger partial charge in [0, 0.05) is 0 Å². The van der Waals surface area contributed by atoms with Crippen molar-refractivity contribution in [3.8, 4) is 0 Å². The lowest BCUT2D eigenvalue weighted by Crippen LogP contribution is -2.21. The maximum atomic E-state index is 13.2. The second-order valence-electron chi connectivity index (χ2n) is 4.54. The Labute approximate surface area is 90.5 Å². The lowest BCUT2D eigenvalue weighted by molar-refractivity contribution is 0.385. The second kappa shape index (κ2) is 4.31. The summed E-state index contributed by atoms with van der Waals surface area (Å²) in [5, 5.41) is 0. The average molecular weight is 207 g/mol. The fourth-order valence-corrected chi connectivity index (χ4v) is 2.65. The molecular weight excluding hydrogens is 189 g/mol. The fourth-order valence-electron chi connectivity index (χ4n) is 2.65. The predicted octanol–water partition coefficient (Wildman–Crippen LogP) is 2.84. The quantitative estimate of drug-likeness (QED) is 0.793. The molecule has 1 aliphatic carbocycles. The standard InChI is InChI=1S/C13H18FN/c1-9-2-3-10-4-5-11(14)8-13(10)12(9)6-7-15/h4-5,8-9,12H,2-3,6-7,15H2,1H3. The summed E-state index contributed by atoms with van der Waals surface area (Å²) in [5.41, 5.74) is 8.13. The van der Waals surface area contributed by atoms with Crippen molar-refractivity contribution in [2.75, 3.05) is 6.54 Å². The van der Waals surface area contributed by atoms with Crippen molar-refractivity contribution >= 4 is 0 Å². The molecule has 1 aromatic rings. The third-order valence-electron chi connectivity index (χ3n) is 3.54. The van der Waals surface area contributed by atoms with Crippen molar-refractivity contribution in [1.82, 2.24) is 0 Å². The molecule has 0 amide bonds. The minimum absolute atomic E-state index is 0.120. The van der Waals surface area contributed by atoms with E-state index < -0.39 is 0 Å². The number of hydrogen-bond donors (Lipinski definition) is 1. The number of rotatable bonds is 2. The highest BCUT2D eigenvalue weighted by Crippen LogP contribution is 2.38. The summed E-state index contributed by atoms with van der Waals surface area (Å²) in [6, 6.07) is 5.19. The van der Waals surface area contributed by atoms with Gasteiger partial charge in [-0.3, -0.25) is 0 Å². The Kier molecular flexibility index (Phi) is 3.06. The van der Waals surface area contributed by atoms with Gasteiger partial charge in [0.15, 0.2) is 0 Å². The van der Waals surface area contributed by atoms with E-state index in [1.807, 2.05) is 6.07 Å². The summed E-state index contributed by atoms with van der Waals surface area (Å²) >= 11 is 0. The van der Waals surface area contributed by atoms with Crippen LogP contribution in [0.4, 0.5) is 4.39 Å². The molecule has 2 rings (SSSR count). The Bertz CT molecular complexity index is 348. The highest BCUT2D eigenvalue weighted by molar-refractivity contribution is 5.34. The summed E-state index contributed by atoms with van der Waals surface area (Å²) in [6.07, 6.45) is 3.25. The molecule has 0 spiro atoms. The summed E-state index contributed by atoms with van der Waals surface area (Å²) in [4.78, 5) is 0. The normalized spacial score (nSPS) is 25.0. The second-order valence-corrected chi connectivity index (χ2v) is 4.54. The molecule has 0 saturated carbocycles. The maximum Gasteiger partial charge on any atom is 0.123 e. The highest BCUT2D eigenvalue weighted by atomic mass is 19.1. The maximum absolute atomic E-state index is 13.2. The van der Waals surface area contributed by atoms with Crippen LogP contribution >= 0.6 is 0 Å². The van der Waals surface area contributed by atoms with Crippen LogP contribution < -0.4 is 5.73 Å². The molecule has 1 nitrogen and oxygen atoms in total. The molecule has 0 aliphatic heterocycles. The molecule has 0 heterocycles. The zero-order valence-corrected chi connectivity index (χ0v) is 9.17. The van der Waals surface area contributed by atoms with Gasteiger partial charge in [-0.1, -0.05) is 13.0 Å². The van der Waals surface area contributed by atoms with E-state index in [1.54, 1.807) is 12.1 Å². The molecule has 2 heteroatoms. The Hall–Kier alpha value is -0.890. The minimum atomic E-state index is -0.120. The van der Waals surface area contributed by atoms with Gasteiger partial charge in [-0.25, -0.2) is 4.39 Å². The van der Waals surface area contributed by atoms with E-state index >= 15 is 0 Å². The molecule has 15 heavy (non-hydrogen) atoms. The Morgan fingerprint density at radius 3 is 3.00 bits per heavy atom. The molecule has 2 atom stereocenters. The van der Waals surface area contributed by atoms with E-state index in [9.17, 15) is 4.39 Å². The third kappa shape index (κ3) is 2.05. The first-order valence-electron chi connectivity index (χ1n) is 5.70. The first-order valence-corrected chi connectivity index (χ1v) is 5.70. The number of halogens is 1. The summed E-state index contributed by atoms with van der Waals surface area (Å²) in [7, 11) is 0. The van der Waals surface area contributed by atoms with E-state index in [0.717, 1.165) is 12.8 Å². The van der Waals surface area contributed by atoms with Gasteiger partial charge in [-0.2, -0.15) is 0 Å². The van der Waals surface area contributed by atoms with E-state index in [0.29, 0.717) is 18.4 Å². The Morgan fingerprint density at radius 2 is 2.27 bits per heavy atom. The molecule has 0 fully saturated rings. The van der Waals surface area contributed by atoms with Crippen LogP contribution in [0.2, 0.25) is 0 Å². The average Bonchev–Trinajstić information content (AvgIpc) is 2.23. The highest BCUT2D eigenvalue weighted by Gasteiger charge is 2.25. The van der Waals surface area contributed by atoms with E-state index in [2.05, 4.69) is 6.92 Å². The molecular formula is C13H18FN. The van der Waals surface area contributed by atoms with Crippen LogP contribution in [0.15, 0.2) is 18.2 Å². The molecule has 0 bridgehead atoms. The van der Waals surface area contributed by atoms with Crippen LogP contribution in [0.5, 0.6) is 0 Å². The lowest BCUT2D eigenvalue weighted by atomic mass is 9.74. The van der Waals surface area contributed by atoms with Crippen LogP contribution in [-0.4, -0.2) is 6.54 Å². The first kappa shape index (κ1) is 10.6. The van der Waals surface area contributed by atoms with Gasteiger partial charge in [0.1, 0.15) is 5.82 Å². The van der Waals surface area contributed by atoms with Crippen LogP contribution in [0.3, 0.4) is 0 Å². The minimum Gasteiger partial charge on any atom is -0.330 e. The Balaban J connectivity index is 2.36. The molecule has 2 N–H and O–H groups in total. The summed E-state index contributed by atoms with van der Waals surface area (Å²) in [6.45, 7) is 2.93. The smallest absolute Gasteiger partial charge is 0.123 e. The topological polar surface area (TPSA) is 26.0 Å². The number of fused-ring (bicyclic) bond motifs is 1. The molecule has 82 valence electrons. The van der Waals surface area contributed by atoms with Gasteiger partial charge in [-0.15, -0.1) is 0 Å². The van der Waals surface area contributed by atoms with Crippen molar-refractivity contribution in [3.63, 3.8) is 0 Å². The van der Waals surface area contributed by atoms with E-state index in [1.165, 1.54) is 17.5 Å². The fraction of sp³-hybridized carbons (Fsp3) is 0.538. The van der Waals surface area contributed by atoms with Gasteiger partial charge < -0.3 is 5.73 Å². The molecule has 0 aromatic heterocycles. The van der Waals surface area contributed by atoms with Crippen LogP contribution in [0, 0.1) is 11.7 Å². The molecule has 2 unspecified atom stereocenters. The number of benzene rings is 1. The zero-order valence-electron chi connectivity index (χ0n) is 9.17. The van der Waals surface area contributed by atoms with Gasteiger partial charge in [-0.05, 0) is 60.9 Å². The van der Waals surface area contributed by atoms with E-state index in [-0.39, 0.29) is 5.82 Å². The van der Waals surface area contributed by atoms with Crippen LogP contribution in [0.1, 0.15) is 36.8 Å². The van der Waals surface area contributed by atoms with E-state index in [4.69, 9.17) is 5.73 Å². The van der Waals surface area contributed by atoms with Crippen molar-refractivity contribution in [2.24, 2.45) is 11.7 Å². The number of nitrogens with two attached hydrogens (primary N) is 1. The Morgan fingerprint density at radius 1 is 1.47 bits per heavy atom.